The van der Waals surface area contributed by atoms with E-state index < -0.39 is 0 Å². The summed E-state index contributed by atoms with van der Waals surface area (Å²) in [4.78, 5) is 9.52. The summed E-state index contributed by atoms with van der Waals surface area (Å²) in [5.74, 6) is 1.56. The number of nitrogens with zero attached hydrogens (tertiary/aromatic N) is 3. The molecule has 1 aromatic carbocycles. The van der Waals surface area contributed by atoms with Crippen molar-refractivity contribution in [1.29, 1.82) is 0 Å². The quantitative estimate of drug-likeness (QED) is 0.623. The van der Waals surface area contributed by atoms with Gasteiger partial charge in [0.05, 0.1) is 13.2 Å². The molecule has 5 heteroatoms. The molecule has 2 heterocycles. The van der Waals surface area contributed by atoms with E-state index in [0.29, 0.717) is 25.9 Å². The molecule has 4 rings (SSSR count). The van der Waals surface area contributed by atoms with Crippen LogP contribution >= 0.6 is 0 Å². The third-order valence-corrected chi connectivity index (χ3v) is 4.34. The van der Waals surface area contributed by atoms with E-state index in [1.54, 1.807) is 7.11 Å². The van der Waals surface area contributed by atoms with Gasteiger partial charge in [-0.25, -0.2) is 9.97 Å². The van der Waals surface area contributed by atoms with E-state index in [1.807, 2.05) is 29.0 Å². The third kappa shape index (κ3) is 3.05. The van der Waals surface area contributed by atoms with Gasteiger partial charge < -0.3 is 9.47 Å². The number of hydrogen-bond donors (Lipinski definition) is 0. The number of rotatable bonds is 7. The Morgan fingerprint density at radius 1 is 1.17 bits per heavy atom. The lowest BCUT2D eigenvalue weighted by Crippen LogP contribution is -2.09. The molecular weight excluding hydrogens is 302 g/mol. The highest BCUT2D eigenvalue weighted by molar-refractivity contribution is 5.77. The van der Waals surface area contributed by atoms with Gasteiger partial charge in [-0.3, -0.25) is 4.57 Å². The van der Waals surface area contributed by atoms with Crippen molar-refractivity contribution in [2.75, 3.05) is 20.3 Å². The number of imidazole rings is 1. The van der Waals surface area contributed by atoms with Gasteiger partial charge in [-0.1, -0.05) is 30.3 Å². The molecule has 124 valence electrons. The number of methoxy groups -OCH3 is 1. The molecule has 0 atom stereocenters. The molecular formula is C19H21N3O2. The molecule has 5 nitrogen and oxygen atoms in total. The zero-order valence-corrected chi connectivity index (χ0v) is 13.8. The average Bonchev–Trinajstić information content (AvgIpc) is 3.41. The van der Waals surface area contributed by atoms with Crippen molar-refractivity contribution in [3.63, 3.8) is 0 Å². The van der Waals surface area contributed by atoms with Crippen LogP contribution in [0.2, 0.25) is 0 Å². The molecule has 0 aliphatic heterocycles. The van der Waals surface area contributed by atoms with Gasteiger partial charge in [0, 0.05) is 18.9 Å². The first-order valence-corrected chi connectivity index (χ1v) is 8.35. The van der Waals surface area contributed by atoms with Crippen molar-refractivity contribution in [1.82, 2.24) is 14.5 Å². The number of hydrogen-bond acceptors (Lipinski definition) is 4. The van der Waals surface area contributed by atoms with Crippen LogP contribution in [0.25, 0.3) is 22.6 Å². The molecule has 1 saturated carbocycles. The van der Waals surface area contributed by atoms with Gasteiger partial charge in [-0.15, -0.1) is 0 Å². The first-order valence-electron chi connectivity index (χ1n) is 8.35. The molecule has 0 radical (unpaired) electrons. The predicted octanol–water partition coefficient (Wildman–Crippen LogP) is 3.60. The fourth-order valence-corrected chi connectivity index (χ4v) is 2.89. The number of pyridine rings is 1. The SMILES string of the molecule is COCCOCn1c(-c2ccccc2)nc2cc(C3CC3)cnc21. The minimum Gasteiger partial charge on any atom is -0.382 e. The fourth-order valence-electron chi connectivity index (χ4n) is 2.89. The van der Waals surface area contributed by atoms with Gasteiger partial charge in [0.25, 0.3) is 0 Å². The second-order valence-electron chi connectivity index (χ2n) is 6.15. The van der Waals surface area contributed by atoms with E-state index in [9.17, 15) is 0 Å². The van der Waals surface area contributed by atoms with Crippen LogP contribution in [0, 0.1) is 0 Å². The minimum atomic E-state index is 0.417. The first-order chi connectivity index (χ1) is 11.9. The summed E-state index contributed by atoms with van der Waals surface area (Å²) in [7, 11) is 1.67. The summed E-state index contributed by atoms with van der Waals surface area (Å²) < 4.78 is 12.8. The van der Waals surface area contributed by atoms with Crippen LogP contribution in [0.15, 0.2) is 42.6 Å². The highest BCUT2D eigenvalue weighted by Gasteiger charge is 2.25. The Morgan fingerprint density at radius 3 is 2.75 bits per heavy atom. The van der Waals surface area contributed by atoms with Gasteiger partial charge in [-0.05, 0) is 30.4 Å². The zero-order valence-electron chi connectivity index (χ0n) is 13.8. The molecule has 24 heavy (non-hydrogen) atoms. The van der Waals surface area contributed by atoms with Gasteiger partial charge in [0.2, 0.25) is 0 Å². The maximum absolute atomic E-state index is 5.74. The Hall–Kier alpha value is -2.24. The maximum atomic E-state index is 5.74. The Morgan fingerprint density at radius 2 is 2.00 bits per heavy atom. The molecule has 0 spiro atoms. The molecule has 3 aromatic rings. The molecule has 1 aliphatic carbocycles. The van der Waals surface area contributed by atoms with Crippen LogP contribution in [-0.4, -0.2) is 34.9 Å². The topological polar surface area (TPSA) is 49.2 Å². The molecule has 1 aliphatic rings. The van der Waals surface area contributed by atoms with Gasteiger partial charge in [0.1, 0.15) is 18.1 Å². The van der Waals surface area contributed by atoms with Crippen LogP contribution < -0.4 is 0 Å². The Kier molecular flexibility index (Phi) is 4.28. The van der Waals surface area contributed by atoms with Crippen molar-refractivity contribution in [3.8, 4) is 11.4 Å². The number of benzene rings is 1. The number of ether oxygens (including phenoxy) is 2. The Labute approximate surface area is 141 Å². The highest BCUT2D eigenvalue weighted by atomic mass is 16.5. The fraction of sp³-hybridized carbons (Fsp3) is 0.368. The highest BCUT2D eigenvalue weighted by Crippen LogP contribution is 2.40. The molecule has 0 amide bonds. The number of fused-ring (bicyclic) bond motifs is 1. The van der Waals surface area contributed by atoms with Crippen LogP contribution in [0.3, 0.4) is 0 Å². The molecule has 2 aromatic heterocycles. The van der Waals surface area contributed by atoms with Gasteiger partial charge in [-0.2, -0.15) is 0 Å². The van der Waals surface area contributed by atoms with Crippen LogP contribution in [0.4, 0.5) is 0 Å². The average molecular weight is 323 g/mol. The lowest BCUT2D eigenvalue weighted by Gasteiger charge is -2.09. The predicted molar refractivity (Wildman–Crippen MR) is 92.8 cm³/mol. The lowest BCUT2D eigenvalue weighted by atomic mass is 10.2. The maximum Gasteiger partial charge on any atom is 0.162 e. The van der Waals surface area contributed by atoms with E-state index in [2.05, 4.69) is 23.2 Å². The van der Waals surface area contributed by atoms with Gasteiger partial charge >= 0.3 is 0 Å². The van der Waals surface area contributed by atoms with Crippen molar-refractivity contribution < 1.29 is 9.47 Å². The Bertz CT molecular complexity index is 825. The van der Waals surface area contributed by atoms with Crippen molar-refractivity contribution in [2.24, 2.45) is 0 Å². The second-order valence-corrected chi connectivity index (χ2v) is 6.15. The van der Waals surface area contributed by atoms with E-state index in [1.165, 1.54) is 18.4 Å². The Balaban J connectivity index is 1.73. The third-order valence-electron chi connectivity index (χ3n) is 4.34. The largest absolute Gasteiger partial charge is 0.382 e. The first kappa shape index (κ1) is 15.3. The summed E-state index contributed by atoms with van der Waals surface area (Å²) >= 11 is 0. The normalized spacial score (nSPS) is 14.4. The van der Waals surface area contributed by atoms with Gasteiger partial charge in [0.15, 0.2) is 5.65 Å². The lowest BCUT2D eigenvalue weighted by molar-refractivity contribution is 0.0363. The molecule has 0 unspecified atom stereocenters. The van der Waals surface area contributed by atoms with E-state index in [-0.39, 0.29) is 0 Å². The monoisotopic (exact) mass is 323 g/mol. The van der Waals surface area contributed by atoms with Crippen LogP contribution in [0.1, 0.15) is 24.3 Å². The zero-order chi connectivity index (χ0) is 16.4. The summed E-state index contributed by atoms with van der Waals surface area (Å²) in [5, 5.41) is 0. The smallest absolute Gasteiger partial charge is 0.162 e. The minimum absolute atomic E-state index is 0.417. The van der Waals surface area contributed by atoms with E-state index in [4.69, 9.17) is 14.5 Å². The van der Waals surface area contributed by atoms with E-state index >= 15 is 0 Å². The summed E-state index contributed by atoms with van der Waals surface area (Å²) in [6.45, 7) is 1.54. The van der Waals surface area contributed by atoms with Crippen molar-refractivity contribution in [3.05, 3.63) is 48.2 Å². The molecule has 1 fully saturated rings. The molecule has 0 bridgehead atoms. The summed E-state index contributed by atoms with van der Waals surface area (Å²) in [6, 6.07) is 12.4. The van der Waals surface area contributed by atoms with Crippen LogP contribution in [-0.2, 0) is 16.2 Å². The van der Waals surface area contributed by atoms with E-state index in [0.717, 1.165) is 22.6 Å². The summed E-state index contributed by atoms with van der Waals surface area (Å²) in [5.41, 5.74) is 4.18. The second kappa shape index (κ2) is 6.71. The standard InChI is InChI=1S/C19H21N3O2/c1-23-9-10-24-13-22-18(15-5-3-2-4-6-15)21-17-11-16(14-7-8-14)12-20-19(17)22/h2-6,11-12,14H,7-10,13H2,1H3. The molecule has 0 N–H and O–H groups in total. The van der Waals surface area contributed by atoms with Crippen molar-refractivity contribution >= 4 is 11.2 Å². The van der Waals surface area contributed by atoms with Crippen LogP contribution in [0.5, 0.6) is 0 Å². The summed E-state index contributed by atoms with van der Waals surface area (Å²) in [6.07, 6.45) is 4.52. The number of aromatic nitrogens is 3. The molecule has 0 saturated heterocycles. The van der Waals surface area contributed by atoms with Crippen molar-refractivity contribution in [2.45, 2.75) is 25.5 Å².